The molecule has 7 heteroatoms. The number of hydrogen-bond acceptors (Lipinski definition) is 4. The lowest BCUT2D eigenvalue weighted by Crippen LogP contribution is -2.45. The first kappa shape index (κ1) is 18.8. The van der Waals surface area contributed by atoms with Crippen LogP contribution in [0.3, 0.4) is 0 Å². The van der Waals surface area contributed by atoms with Crippen molar-refractivity contribution in [2.24, 2.45) is 0 Å². The van der Waals surface area contributed by atoms with Gasteiger partial charge in [0.25, 0.3) is 5.91 Å². The van der Waals surface area contributed by atoms with Crippen molar-refractivity contribution in [1.29, 1.82) is 0 Å². The smallest absolute Gasteiger partial charge is 0.325 e. The first-order chi connectivity index (χ1) is 11.9. The van der Waals surface area contributed by atoms with Gasteiger partial charge in [-0.05, 0) is 31.0 Å². The summed E-state index contributed by atoms with van der Waals surface area (Å²) in [5.74, 6) is 0.0189. The topological polar surface area (TPSA) is 87.7 Å². The molecule has 1 aliphatic rings. The highest BCUT2D eigenvalue weighted by Gasteiger charge is 2.47. The molecule has 4 amide bonds. The van der Waals surface area contributed by atoms with E-state index in [-0.39, 0.29) is 18.4 Å². The van der Waals surface area contributed by atoms with E-state index in [1.807, 2.05) is 19.1 Å². The zero-order valence-electron chi connectivity index (χ0n) is 14.9. The molecule has 0 radical (unpaired) electrons. The van der Waals surface area contributed by atoms with Crippen LogP contribution < -0.4 is 15.4 Å². The number of urea groups is 1. The summed E-state index contributed by atoms with van der Waals surface area (Å²) in [6.45, 7) is 3.77. The minimum absolute atomic E-state index is 0.275. The van der Waals surface area contributed by atoms with Gasteiger partial charge in [0.1, 0.15) is 17.8 Å². The molecular weight excluding hydrogens is 322 g/mol. The lowest BCUT2D eigenvalue weighted by molar-refractivity contribution is -0.134. The second-order valence-corrected chi connectivity index (χ2v) is 6.38. The predicted molar refractivity (Wildman–Crippen MR) is 93.0 cm³/mol. The largest absolute Gasteiger partial charge is 0.497 e. The number of unbranched alkanes of at least 4 members (excludes halogenated alkanes) is 1. The zero-order valence-corrected chi connectivity index (χ0v) is 14.9. The Morgan fingerprint density at radius 3 is 2.56 bits per heavy atom. The van der Waals surface area contributed by atoms with Crippen LogP contribution in [0.15, 0.2) is 24.3 Å². The number of ether oxygens (including phenoxy) is 1. The van der Waals surface area contributed by atoms with Gasteiger partial charge in [-0.1, -0.05) is 31.9 Å². The Hall–Kier alpha value is -2.57. The summed E-state index contributed by atoms with van der Waals surface area (Å²) in [5.41, 5.74) is -0.0114. The summed E-state index contributed by atoms with van der Waals surface area (Å²) < 4.78 is 5.08. The van der Waals surface area contributed by atoms with Crippen LogP contribution in [-0.2, 0) is 16.1 Å². The molecule has 7 nitrogen and oxygen atoms in total. The summed E-state index contributed by atoms with van der Waals surface area (Å²) in [4.78, 5) is 37.6. The number of rotatable bonds is 8. The van der Waals surface area contributed by atoms with Crippen molar-refractivity contribution >= 4 is 17.8 Å². The van der Waals surface area contributed by atoms with E-state index in [9.17, 15) is 14.4 Å². The number of carbonyl (C=O) groups excluding carboxylic acids is 3. The molecule has 1 aromatic rings. The minimum Gasteiger partial charge on any atom is -0.497 e. The molecule has 0 saturated carbocycles. The van der Waals surface area contributed by atoms with E-state index in [1.54, 1.807) is 26.2 Å². The van der Waals surface area contributed by atoms with Crippen LogP contribution in [0.4, 0.5) is 4.79 Å². The van der Waals surface area contributed by atoms with Gasteiger partial charge in [-0.25, -0.2) is 4.79 Å². The van der Waals surface area contributed by atoms with Gasteiger partial charge in [0, 0.05) is 6.54 Å². The van der Waals surface area contributed by atoms with Gasteiger partial charge in [0.05, 0.1) is 7.11 Å². The average molecular weight is 347 g/mol. The van der Waals surface area contributed by atoms with Crippen molar-refractivity contribution in [3.8, 4) is 5.75 Å². The van der Waals surface area contributed by atoms with Crippen LogP contribution >= 0.6 is 0 Å². The van der Waals surface area contributed by atoms with Crippen LogP contribution in [-0.4, -0.2) is 41.9 Å². The predicted octanol–water partition coefficient (Wildman–Crippen LogP) is 1.81. The van der Waals surface area contributed by atoms with Gasteiger partial charge < -0.3 is 15.4 Å². The molecule has 136 valence electrons. The van der Waals surface area contributed by atoms with E-state index in [0.717, 1.165) is 29.1 Å². The Morgan fingerprint density at radius 2 is 1.96 bits per heavy atom. The highest BCUT2D eigenvalue weighted by molar-refractivity contribution is 6.08. The minimum atomic E-state index is -0.913. The molecule has 1 fully saturated rings. The Balaban J connectivity index is 1.89. The van der Waals surface area contributed by atoms with Crippen molar-refractivity contribution in [3.05, 3.63) is 29.8 Å². The van der Waals surface area contributed by atoms with Crippen LogP contribution in [0, 0.1) is 0 Å². The first-order valence-corrected chi connectivity index (χ1v) is 8.43. The van der Waals surface area contributed by atoms with Crippen molar-refractivity contribution < 1.29 is 19.1 Å². The number of benzene rings is 1. The SMILES string of the molecule is CCCCC1(C)NC(=O)N(CC(=O)NCc2ccc(OC)cc2)C1=O. The van der Waals surface area contributed by atoms with E-state index in [0.29, 0.717) is 13.0 Å². The summed E-state index contributed by atoms with van der Waals surface area (Å²) in [7, 11) is 1.59. The molecule has 0 spiro atoms. The first-order valence-electron chi connectivity index (χ1n) is 8.43. The Morgan fingerprint density at radius 1 is 1.28 bits per heavy atom. The summed E-state index contributed by atoms with van der Waals surface area (Å²) in [6, 6.07) is 6.78. The second-order valence-electron chi connectivity index (χ2n) is 6.38. The monoisotopic (exact) mass is 347 g/mol. The lowest BCUT2D eigenvalue weighted by atomic mass is 9.95. The maximum absolute atomic E-state index is 12.5. The van der Waals surface area contributed by atoms with E-state index < -0.39 is 11.6 Å². The highest BCUT2D eigenvalue weighted by atomic mass is 16.5. The van der Waals surface area contributed by atoms with Crippen molar-refractivity contribution in [2.75, 3.05) is 13.7 Å². The normalized spacial score (nSPS) is 19.7. The molecule has 0 aliphatic carbocycles. The highest BCUT2D eigenvalue weighted by Crippen LogP contribution is 2.23. The lowest BCUT2D eigenvalue weighted by Gasteiger charge is -2.21. The summed E-state index contributed by atoms with van der Waals surface area (Å²) >= 11 is 0. The Kier molecular flexibility index (Phi) is 6.01. The van der Waals surface area contributed by atoms with Gasteiger partial charge in [-0.2, -0.15) is 0 Å². The fraction of sp³-hybridized carbons (Fsp3) is 0.500. The third-order valence-electron chi connectivity index (χ3n) is 4.33. The van der Waals surface area contributed by atoms with Crippen LogP contribution in [0.1, 0.15) is 38.7 Å². The molecule has 0 bridgehead atoms. The standard InChI is InChI=1S/C18H25N3O4/c1-4-5-10-18(2)16(23)21(17(24)20-18)12-15(22)19-11-13-6-8-14(25-3)9-7-13/h6-9H,4-5,10-12H2,1-3H3,(H,19,22)(H,20,24). The van der Waals surface area contributed by atoms with Crippen molar-refractivity contribution in [1.82, 2.24) is 15.5 Å². The Bertz CT molecular complexity index is 644. The number of hydrogen-bond donors (Lipinski definition) is 2. The van der Waals surface area contributed by atoms with Gasteiger partial charge >= 0.3 is 6.03 Å². The molecule has 0 aromatic heterocycles. The number of amides is 4. The van der Waals surface area contributed by atoms with Crippen molar-refractivity contribution in [3.63, 3.8) is 0 Å². The van der Waals surface area contributed by atoms with E-state index in [2.05, 4.69) is 10.6 Å². The van der Waals surface area contributed by atoms with Crippen LogP contribution in [0.5, 0.6) is 5.75 Å². The summed E-state index contributed by atoms with van der Waals surface area (Å²) in [5, 5.41) is 5.42. The molecule has 2 N–H and O–H groups in total. The third kappa shape index (κ3) is 4.49. The van der Waals surface area contributed by atoms with Crippen molar-refractivity contribution in [2.45, 2.75) is 45.2 Å². The quantitative estimate of drug-likeness (QED) is 0.702. The molecule has 1 aromatic carbocycles. The molecular formula is C18H25N3O4. The van der Waals surface area contributed by atoms with E-state index >= 15 is 0 Å². The molecule has 1 atom stereocenters. The second kappa shape index (κ2) is 8.00. The fourth-order valence-corrected chi connectivity index (χ4v) is 2.73. The van der Waals surface area contributed by atoms with Crippen LogP contribution in [0.25, 0.3) is 0 Å². The number of carbonyl (C=O) groups is 3. The number of nitrogens with one attached hydrogen (secondary N) is 2. The Labute approximate surface area is 147 Å². The number of methoxy groups -OCH3 is 1. The van der Waals surface area contributed by atoms with E-state index in [4.69, 9.17) is 4.74 Å². The molecule has 25 heavy (non-hydrogen) atoms. The molecule has 1 heterocycles. The molecule has 1 saturated heterocycles. The maximum atomic E-state index is 12.5. The summed E-state index contributed by atoms with van der Waals surface area (Å²) in [6.07, 6.45) is 2.33. The number of nitrogens with zero attached hydrogens (tertiary/aromatic N) is 1. The van der Waals surface area contributed by atoms with Crippen LogP contribution in [0.2, 0.25) is 0 Å². The molecule has 2 rings (SSSR count). The molecule has 1 aliphatic heterocycles. The van der Waals surface area contributed by atoms with Gasteiger partial charge in [-0.15, -0.1) is 0 Å². The van der Waals surface area contributed by atoms with Gasteiger partial charge in [-0.3, -0.25) is 14.5 Å². The average Bonchev–Trinajstić information content (AvgIpc) is 2.82. The maximum Gasteiger partial charge on any atom is 0.325 e. The van der Waals surface area contributed by atoms with Gasteiger partial charge in [0.15, 0.2) is 0 Å². The van der Waals surface area contributed by atoms with Gasteiger partial charge in [0.2, 0.25) is 5.91 Å². The number of imide groups is 1. The third-order valence-corrected chi connectivity index (χ3v) is 4.33. The van der Waals surface area contributed by atoms with E-state index in [1.165, 1.54) is 0 Å². The zero-order chi connectivity index (χ0) is 18.4. The molecule has 1 unspecified atom stereocenters. The fourth-order valence-electron chi connectivity index (χ4n) is 2.73.